The van der Waals surface area contributed by atoms with E-state index < -0.39 is 18.0 Å². The molecule has 0 aromatic heterocycles. The summed E-state index contributed by atoms with van der Waals surface area (Å²) in [5.74, 6) is -0.455. The fraction of sp³-hybridized carbons (Fsp3) is 0.385. The number of urea groups is 1. The van der Waals surface area contributed by atoms with Crippen LogP contribution in [-0.4, -0.2) is 35.2 Å². The van der Waals surface area contributed by atoms with E-state index in [0.29, 0.717) is 17.2 Å². The van der Waals surface area contributed by atoms with Crippen LogP contribution in [0, 0.1) is 6.92 Å². The van der Waals surface area contributed by atoms with Gasteiger partial charge < -0.3 is 15.7 Å². The lowest BCUT2D eigenvalue weighted by Gasteiger charge is -2.16. The third kappa shape index (κ3) is 5.30. The van der Waals surface area contributed by atoms with Crippen molar-refractivity contribution < 1.29 is 14.7 Å². The van der Waals surface area contributed by atoms with E-state index >= 15 is 0 Å². The predicted octanol–water partition coefficient (Wildman–Crippen LogP) is 3.63. The minimum absolute atomic E-state index is 0.268. The van der Waals surface area contributed by atoms with Gasteiger partial charge in [0.15, 0.2) is 0 Å². The van der Waals surface area contributed by atoms with Crippen molar-refractivity contribution in [3.05, 3.63) is 27.7 Å². The first-order valence-corrected chi connectivity index (χ1v) is 8.25. The molecule has 116 valence electrons. The first-order chi connectivity index (χ1) is 9.86. The molecule has 0 saturated heterocycles. The molecule has 0 fully saturated rings. The molecule has 0 spiro atoms. The zero-order chi connectivity index (χ0) is 16.0. The molecule has 3 N–H and O–H groups in total. The number of aryl methyl sites for hydroxylation is 1. The van der Waals surface area contributed by atoms with Crippen molar-refractivity contribution >= 4 is 52.7 Å². The number of halogens is 2. The second-order valence-electron chi connectivity index (χ2n) is 4.32. The number of carbonyl (C=O) groups is 2. The molecular formula is C13H16Cl2N2O3S. The van der Waals surface area contributed by atoms with Gasteiger partial charge in [0.2, 0.25) is 0 Å². The summed E-state index contributed by atoms with van der Waals surface area (Å²) < 4.78 is 0. The van der Waals surface area contributed by atoms with Gasteiger partial charge in [-0.15, -0.1) is 0 Å². The molecule has 0 aliphatic heterocycles. The molecule has 0 radical (unpaired) electrons. The molecule has 0 heterocycles. The van der Waals surface area contributed by atoms with Crippen LogP contribution in [0.3, 0.4) is 0 Å². The van der Waals surface area contributed by atoms with Gasteiger partial charge in [-0.3, -0.25) is 0 Å². The Labute approximate surface area is 137 Å². The Morgan fingerprint density at radius 1 is 1.38 bits per heavy atom. The van der Waals surface area contributed by atoms with Gasteiger partial charge in [-0.2, -0.15) is 11.8 Å². The summed E-state index contributed by atoms with van der Waals surface area (Å²) in [5.41, 5.74) is 1.03. The Morgan fingerprint density at radius 2 is 2.05 bits per heavy atom. The van der Waals surface area contributed by atoms with Crippen LogP contribution in [0.2, 0.25) is 10.0 Å². The van der Waals surface area contributed by atoms with Crippen molar-refractivity contribution in [2.75, 3.05) is 17.3 Å². The molecule has 1 rings (SSSR count). The maximum absolute atomic E-state index is 11.9. The normalized spacial score (nSPS) is 11.8. The number of carboxylic acids is 1. The van der Waals surface area contributed by atoms with Gasteiger partial charge in [-0.05, 0) is 37.0 Å². The Balaban J connectivity index is 2.77. The van der Waals surface area contributed by atoms with Crippen molar-refractivity contribution in [2.24, 2.45) is 0 Å². The third-order valence-corrected chi connectivity index (χ3v) is 4.18. The quantitative estimate of drug-likeness (QED) is 0.731. The van der Waals surface area contributed by atoms with Crippen LogP contribution in [0.15, 0.2) is 12.1 Å². The molecule has 8 heteroatoms. The number of rotatable bonds is 6. The van der Waals surface area contributed by atoms with Crippen molar-refractivity contribution in [1.82, 2.24) is 5.32 Å². The molecule has 5 nitrogen and oxygen atoms in total. The first-order valence-electron chi connectivity index (χ1n) is 6.10. The Morgan fingerprint density at radius 3 is 2.62 bits per heavy atom. The van der Waals surface area contributed by atoms with Crippen LogP contribution < -0.4 is 10.6 Å². The number of anilines is 1. The van der Waals surface area contributed by atoms with Crippen molar-refractivity contribution in [3.8, 4) is 0 Å². The highest BCUT2D eigenvalue weighted by atomic mass is 35.5. The van der Waals surface area contributed by atoms with Gasteiger partial charge in [0, 0.05) is 0 Å². The van der Waals surface area contributed by atoms with E-state index in [0.717, 1.165) is 5.56 Å². The summed E-state index contributed by atoms with van der Waals surface area (Å²) in [6, 6.07) is 1.73. The SMILES string of the molecule is CSCCC(NC(=O)Nc1c(Cl)ccc(C)c1Cl)C(=O)O. The summed E-state index contributed by atoms with van der Waals surface area (Å²) in [7, 11) is 0. The molecule has 2 amide bonds. The van der Waals surface area contributed by atoms with E-state index in [-0.39, 0.29) is 10.7 Å². The van der Waals surface area contributed by atoms with Gasteiger partial charge in [-0.1, -0.05) is 29.3 Å². The molecule has 1 aromatic rings. The highest BCUT2D eigenvalue weighted by Gasteiger charge is 2.20. The van der Waals surface area contributed by atoms with Crippen molar-refractivity contribution in [1.29, 1.82) is 0 Å². The smallest absolute Gasteiger partial charge is 0.326 e. The van der Waals surface area contributed by atoms with E-state index in [1.807, 2.05) is 6.26 Å². The molecule has 1 atom stereocenters. The standard InChI is InChI=1S/C13H16Cl2N2O3S/c1-7-3-4-8(14)11(10(7)15)17-13(20)16-9(12(18)19)5-6-21-2/h3-4,9H,5-6H2,1-2H3,(H,18,19)(H2,16,17,20). The maximum atomic E-state index is 11.9. The number of thioether (sulfide) groups is 1. The lowest BCUT2D eigenvalue weighted by molar-refractivity contribution is -0.139. The van der Waals surface area contributed by atoms with Crippen LogP contribution in [0.25, 0.3) is 0 Å². The zero-order valence-electron chi connectivity index (χ0n) is 11.6. The minimum atomic E-state index is -1.08. The number of hydrogen-bond donors (Lipinski definition) is 3. The second kappa shape index (κ2) is 8.36. The number of amides is 2. The highest BCUT2D eigenvalue weighted by Crippen LogP contribution is 2.32. The molecular weight excluding hydrogens is 335 g/mol. The molecule has 0 saturated carbocycles. The summed E-state index contributed by atoms with van der Waals surface area (Å²) in [6.45, 7) is 1.78. The van der Waals surface area contributed by atoms with Gasteiger partial charge in [0.1, 0.15) is 6.04 Å². The Bertz CT molecular complexity index is 540. The largest absolute Gasteiger partial charge is 0.480 e. The van der Waals surface area contributed by atoms with Crippen LogP contribution in [0.1, 0.15) is 12.0 Å². The Kier molecular flexibility index (Phi) is 7.14. The lowest BCUT2D eigenvalue weighted by atomic mass is 10.2. The number of aliphatic carboxylic acids is 1. The summed E-state index contributed by atoms with van der Waals surface area (Å²) in [6.07, 6.45) is 2.20. The van der Waals surface area contributed by atoms with Crippen molar-refractivity contribution in [3.63, 3.8) is 0 Å². The third-order valence-electron chi connectivity index (χ3n) is 2.74. The van der Waals surface area contributed by atoms with Crippen molar-refractivity contribution in [2.45, 2.75) is 19.4 Å². The van der Waals surface area contributed by atoms with Gasteiger partial charge in [0.05, 0.1) is 15.7 Å². The Hall–Kier alpha value is -1.11. The van der Waals surface area contributed by atoms with Gasteiger partial charge in [-0.25, -0.2) is 9.59 Å². The second-order valence-corrected chi connectivity index (χ2v) is 6.09. The average molecular weight is 351 g/mol. The molecule has 0 bridgehead atoms. The van der Waals surface area contributed by atoms with Crippen LogP contribution in [-0.2, 0) is 4.79 Å². The molecule has 0 aliphatic carbocycles. The van der Waals surface area contributed by atoms with Crippen LogP contribution in [0.4, 0.5) is 10.5 Å². The number of nitrogens with one attached hydrogen (secondary N) is 2. The summed E-state index contributed by atoms with van der Waals surface area (Å²) in [5, 5.41) is 14.6. The van der Waals surface area contributed by atoms with Gasteiger partial charge >= 0.3 is 12.0 Å². The number of benzene rings is 1. The van der Waals surface area contributed by atoms with Crippen LogP contribution >= 0.6 is 35.0 Å². The zero-order valence-corrected chi connectivity index (χ0v) is 13.9. The predicted molar refractivity (Wildman–Crippen MR) is 87.8 cm³/mol. The lowest BCUT2D eigenvalue weighted by Crippen LogP contribution is -2.43. The molecule has 1 unspecified atom stereocenters. The summed E-state index contributed by atoms with van der Waals surface area (Å²) >= 11 is 13.6. The minimum Gasteiger partial charge on any atom is -0.480 e. The van der Waals surface area contributed by atoms with E-state index in [9.17, 15) is 9.59 Å². The van der Waals surface area contributed by atoms with E-state index in [4.69, 9.17) is 28.3 Å². The summed E-state index contributed by atoms with van der Waals surface area (Å²) in [4.78, 5) is 23.0. The maximum Gasteiger partial charge on any atom is 0.326 e. The highest BCUT2D eigenvalue weighted by molar-refractivity contribution is 7.98. The number of carboxylic acid groups (broad SMARTS) is 1. The fourth-order valence-corrected chi connectivity index (χ4v) is 2.51. The first kappa shape index (κ1) is 17.9. The van der Waals surface area contributed by atoms with Gasteiger partial charge in [0.25, 0.3) is 0 Å². The molecule has 0 aliphatic rings. The average Bonchev–Trinajstić information content (AvgIpc) is 2.43. The van der Waals surface area contributed by atoms with Crippen LogP contribution in [0.5, 0.6) is 0 Å². The number of carbonyl (C=O) groups excluding carboxylic acids is 1. The van der Waals surface area contributed by atoms with E-state index in [1.54, 1.807) is 19.1 Å². The number of hydrogen-bond acceptors (Lipinski definition) is 3. The van der Waals surface area contributed by atoms with E-state index in [2.05, 4.69) is 10.6 Å². The molecule has 1 aromatic carbocycles. The topological polar surface area (TPSA) is 78.4 Å². The molecule has 21 heavy (non-hydrogen) atoms. The van der Waals surface area contributed by atoms with E-state index in [1.165, 1.54) is 11.8 Å². The fourth-order valence-electron chi connectivity index (χ4n) is 1.57. The monoisotopic (exact) mass is 350 g/mol.